The van der Waals surface area contributed by atoms with Crippen molar-refractivity contribution in [3.63, 3.8) is 0 Å². The Morgan fingerprint density at radius 2 is 1.65 bits per heavy atom. The van der Waals surface area contributed by atoms with Gasteiger partial charge in [-0.05, 0) is 38.5 Å². The Balaban J connectivity index is 1.59. The van der Waals surface area contributed by atoms with E-state index < -0.39 is 0 Å². The van der Waals surface area contributed by atoms with Crippen molar-refractivity contribution in [3.05, 3.63) is 12.2 Å². The molecular formula is C17H25N3O3. The number of imide groups is 1. The summed E-state index contributed by atoms with van der Waals surface area (Å²) in [7, 11) is 0. The van der Waals surface area contributed by atoms with E-state index in [1.54, 1.807) is 4.90 Å². The monoisotopic (exact) mass is 319 g/mol. The Morgan fingerprint density at radius 1 is 1.13 bits per heavy atom. The number of nitrogens with one attached hydrogen (secondary N) is 1. The molecule has 0 radical (unpaired) electrons. The third-order valence-electron chi connectivity index (χ3n) is 5.51. The molecule has 0 aromatic rings. The van der Waals surface area contributed by atoms with Gasteiger partial charge in [-0.25, -0.2) is 4.79 Å². The summed E-state index contributed by atoms with van der Waals surface area (Å²) in [5, 5.41) is 2.80. The molecule has 2 bridgehead atoms. The fourth-order valence-corrected chi connectivity index (χ4v) is 4.25. The molecule has 1 saturated carbocycles. The van der Waals surface area contributed by atoms with Crippen molar-refractivity contribution >= 4 is 17.8 Å². The fraction of sp³-hybridized carbons (Fsp3) is 0.706. The average molecular weight is 319 g/mol. The minimum atomic E-state index is -0.162. The first-order valence-corrected chi connectivity index (χ1v) is 8.64. The first kappa shape index (κ1) is 16.0. The molecule has 0 aromatic carbocycles. The molecule has 6 nitrogen and oxygen atoms in total. The van der Waals surface area contributed by atoms with Crippen molar-refractivity contribution in [2.24, 2.45) is 23.7 Å². The topological polar surface area (TPSA) is 69.7 Å². The highest BCUT2D eigenvalue weighted by molar-refractivity contribution is 6.06. The van der Waals surface area contributed by atoms with Gasteiger partial charge in [0.05, 0.1) is 11.8 Å². The molecule has 0 spiro atoms. The van der Waals surface area contributed by atoms with Gasteiger partial charge in [0.25, 0.3) is 0 Å². The molecule has 6 heteroatoms. The molecule has 4 amide bonds. The van der Waals surface area contributed by atoms with Gasteiger partial charge in [0.15, 0.2) is 0 Å². The van der Waals surface area contributed by atoms with E-state index in [1.807, 2.05) is 13.8 Å². The summed E-state index contributed by atoms with van der Waals surface area (Å²) >= 11 is 0. The van der Waals surface area contributed by atoms with E-state index in [0.717, 1.165) is 12.8 Å². The third-order valence-corrected chi connectivity index (χ3v) is 5.51. The highest BCUT2D eigenvalue weighted by Crippen LogP contribution is 2.49. The van der Waals surface area contributed by atoms with Gasteiger partial charge in [0, 0.05) is 26.2 Å². The zero-order valence-corrected chi connectivity index (χ0v) is 13.8. The number of hydrogen-bond acceptors (Lipinski definition) is 3. The summed E-state index contributed by atoms with van der Waals surface area (Å²) in [6.45, 7) is 5.71. The van der Waals surface area contributed by atoms with Crippen molar-refractivity contribution < 1.29 is 14.4 Å². The molecule has 4 aliphatic rings. The van der Waals surface area contributed by atoms with E-state index in [2.05, 4.69) is 17.5 Å². The first-order valence-electron chi connectivity index (χ1n) is 8.64. The highest BCUT2D eigenvalue weighted by Gasteiger charge is 2.56. The number of fused-ring (bicyclic) bond motifs is 1. The predicted octanol–water partition coefficient (Wildman–Crippen LogP) is 1.23. The maximum atomic E-state index is 12.6. The fourth-order valence-electron chi connectivity index (χ4n) is 4.25. The smallest absolute Gasteiger partial charge is 0.317 e. The van der Waals surface area contributed by atoms with Gasteiger partial charge in [-0.1, -0.05) is 12.2 Å². The lowest BCUT2D eigenvalue weighted by molar-refractivity contribution is -0.140. The molecule has 4 rings (SSSR count). The third kappa shape index (κ3) is 2.64. The van der Waals surface area contributed by atoms with Crippen LogP contribution in [0.25, 0.3) is 0 Å². The van der Waals surface area contributed by atoms with E-state index in [0.29, 0.717) is 19.6 Å². The second-order valence-corrected chi connectivity index (χ2v) is 6.57. The summed E-state index contributed by atoms with van der Waals surface area (Å²) in [4.78, 5) is 40.2. The van der Waals surface area contributed by atoms with Crippen molar-refractivity contribution in [1.29, 1.82) is 0 Å². The molecule has 4 atom stereocenters. The second kappa shape index (κ2) is 6.34. The minimum absolute atomic E-state index is 0.0452. The van der Waals surface area contributed by atoms with Crippen molar-refractivity contribution in [2.75, 3.05) is 26.2 Å². The molecule has 1 saturated heterocycles. The van der Waals surface area contributed by atoms with E-state index in [4.69, 9.17) is 0 Å². The normalized spacial score (nSPS) is 31.5. The van der Waals surface area contributed by atoms with Gasteiger partial charge >= 0.3 is 6.03 Å². The number of carbonyl (C=O) groups is 3. The molecule has 23 heavy (non-hydrogen) atoms. The molecule has 3 aliphatic carbocycles. The molecule has 1 N–H and O–H groups in total. The van der Waals surface area contributed by atoms with Crippen molar-refractivity contribution in [1.82, 2.24) is 15.1 Å². The van der Waals surface area contributed by atoms with Crippen LogP contribution in [0.15, 0.2) is 12.2 Å². The molecular weight excluding hydrogens is 294 g/mol. The van der Waals surface area contributed by atoms with Crippen LogP contribution in [0.3, 0.4) is 0 Å². The summed E-state index contributed by atoms with van der Waals surface area (Å²) in [6, 6.07) is -0.145. The van der Waals surface area contributed by atoms with Crippen LogP contribution in [0, 0.1) is 23.7 Å². The van der Waals surface area contributed by atoms with Gasteiger partial charge < -0.3 is 10.2 Å². The largest absolute Gasteiger partial charge is 0.336 e. The maximum Gasteiger partial charge on any atom is 0.317 e. The maximum absolute atomic E-state index is 12.6. The summed E-state index contributed by atoms with van der Waals surface area (Å²) in [5.41, 5.74) is 0. The van der Waals surface area contributed by atoms with Gasteiger partial charge in [-0.15, -0.1) is 0 Å². The Hall–Kier alpha value is -1.85. The Morgan fingerprint density at radius 3 is 2.09 bits per heavy atom. The standard InChI is InChI=1S/C17H25N3O3/c1-3-19(4-2)17(23)18-9-10-20-15(21)13-11-5-6-12(8-7-11)14(13)16(20)22/h5-6,11-14H,3-4,7-10H2,1-2H3,(H,18,23)/t11-,12-,13-,14+/m0/s1. The zero-order valence-electron chi connectivity index (χ0n) is 13.8. The van der Waals surface area contributed by atoms with Crippen LogP contribution in [-0.4, -0.2) is 53.8 Å². The Labute approximate surface area is 136 Å². The Bertz CT molecular complexity index is 509. The number of urea groups is 1. The summed E-state index contributed by atoms with van der Waals surface area (Å²) in [5.74, 6) is 0.0233. The number of hydrogen-bond donors (Lipinski definition) is 1. The Kier molecular flexibility index (Phi) is 4.41. The van der Waals surface area contributed by atoms with Gasteiger partial charge in [0.1, 0.15) is 0 Å². The minimum Gasteiger partial charge on any atom is -0.336 e. The number of likely N-dealkylation sites (tertiary alicyclic amines) is 1. The van der Waals surface area contributed by atoms with E-state index >= 15 is 0 Å². The van der Waals surface area contributed by atoms with Crippen LogP contribution in [0.2, 0.25) is 0 Å². The highest BCUT2D eigenvalue weighted by atomic mass is 16.2. The van der Waals surface area contributed by atoms with Gasteiger partial charge in [-0.2, -0.15) is 0 Å². The lowest BCUT2D eigenvalue weighted by Crippen LogP contribution is -2.44. The van der Waals surface area contributed by atoms with E-state index in [-0.39, 0.29) is 48.1 Å². The van der Waals surface area contributed by atoms with Crippen LogP contribution in [0.4, 0.5) is 4.79 Å². The molecule has 2 fully saturated rings. The van der Waals surface area contributed by atoms with E-state index in [9.17, 15) is 14.4 Å². The lowest BCUT2D eigenvalue weighted by atomic mass is 9.63. The molecule has 1 aliphatic heterocycles. The van der Waals surface area contributed by atoms with Crippen LogP contribution in [-0.2, 0) is 9.59 Å². The number of nitrogens with zero attached hydrogens (tertiary/aromatic N) is 2. The quantitative estimate of drug-likeness (QED) is 0.612. The predicted molar refractivity (Wildman–Crippen MR) is 85.4 cm³/mol. The second-order valence-electron chi connectivity index (χ2n) is 6.57. The van der Waals surface area contributed by atoms with Crippen LogP contribution in [0.5, 0.6) is 0 Å². The number of carbonyl (C=O) groups excluding carboxylic acids is 3. The molecule has 0 aromatic heterocycles. The van der Waals surface area contributed by atoms with Gasteiger partial charge in [0.2, 0.25) is 11.8 Å². The van der Waals surface area contributed by atoms with Gasteiger partial charge in [-0.3, -0.25) is 14.5 Å². The first-order chi connectivity index (χ1) is 11.1. The number of rotatable bonds is 5. The average Bonchev–Trinajstić information content (AvgIpc) is 2.84. The van der Waals surface area contributed by atoms with E-state index in [1.165, 1.54) is 4.90 Å². The SMILES string of the molecule is CCN(CC)C(=O)NCCN1C(=O)[C@@H]2[C@H](C1=O)[C@H]1C=C[C@H]2CC1. The van der Waals surface area contributed by atoms with Crippen molar-refractivity contribution in [3.8, 4) is 0 Å². The number of allylic oxidation sites excluding steroid dienone is 2. The van der Waals surface area contributed by atoms with Crippen LogP contribution >= 0.6 is 0 Å². The molecule has 0 unspecified atom stereocenters. The molecule has 126 valence electrons. The number of amides is 4. The van der Waals surface area contributed by atoms with Crippen LogP contribution in [0.1, 0.15) is 26.7 Å². The lowest BCUT2D eigenvalue weighted by Gasteiger charge is -2.38. The summed E-state index contributed by atoms with van der Waals surface area (Å²) < 4.78 is 0. The zero-order chi connectivity index (χ0) is 16.6. The van der Waals surface area contributed by atoms with Crippen LogP contribution < -0.4 is 5.32 Å². The summed E-state index contributed by atoms with van der Waals surface area (Å²) in [6.07, 6.45) is 6.25. The van der Waals surface area contributed by atoms with Crippen molar-refractivity contribution in [2.45, 2.75) is 26.7 Å². The molecule has 1 heterocycles.